The number of hydrogen-bond acceptors (Lipinski definition) is 8. The summed E-state index contributed by atoms with van der Waals surface area (Å²) in [5.41, 5.74) is 16.6. The first-order chi connectivity index (χ1) is 53.6. The van der Waals surface area contributed by atoms with E-state index in [2.05, 4.69) is 318 Å². The van der Waals surface area contributed by atoms with Gasteiger partial charge in [-0.1, -0.05) is 279 Å². The van der Waals surface area contributed by atoms with Crippen molar-refractivity contribution in [3.05, 3.63) is 356 Å². The molecule has 22 aromatic rings. The molecule has 1 aliphatic rings. The highest BCUT2D eigenvalue weighted by Gasteiger charge is 2.31. The van der Waals surface area contributed by atoms with E-state index in [4.69, 9.17) is 33.8 Å². The molecule has 5 aromatic heterocycles. The van der Waals surface area contributed by atoms with Crippen LogP contribution >= 0.6 is 0 Å². The minimum absolute atomic E-state index is 0.496. The van der Waals surface area contributed by atoms with Crippen LogP contribution in [-0.4, -0.2) is 35.8 Å². The van der Waals surface area contributed by atoms with Crippen LogP contribution in [0.5, 0.6) is 0 Å². The summed E-state index contributed by atoms with van der Waals surface area (Å²) in [5.74, 6) is 2.97. The first-order valence-corrected chi connectivity index (χ1v) is 36.6. The molecule has 0 aliphatic carbocycles. The van der Waals surface area contributed by atoms with Crippen molar-refractivity contribution in [1.29, 1.82) is 0 Å². The lowest BCUT2D eigenvalue weighted by molar-refractivity contribution is 0.631. The van der Waals surface area contributed by atoms with Crippen LogP contribution in [-0.2, 0) is 0 Å². The Hall–Kier alpha value is -14.6. The standard InChI is InChI=1S/C98H58N8O2/c1-3-26-59(27-4-1)93-99-95(103-98(102-93)89-82(53-51-73-70-37-17-20-47-85(70)107-91(73)89)105-79-44-18-15-39-75(79)86-66-34-11-8-25-58(66)49-52-81(86)105)63-48-50-65-61(54-63)32-22-41-68(65)77-56-84-87(71-38-14-13-36-69(71)77)76-40-16-19-45-80(76)106(84)83-46-23-42-72-78-55-62-30-9-12-35-67(62)88(92(78)108-90(72)83)97-101-94(60-28-5-2-6-29-60)100-96(104-97)74-43-21-31-57-24-7-10-33-64(57)74/h1-56,97H,(H,100,101,104). The first kappa shape index (κ1) is 59.9. The number of furan rings is 2. The van der Waals surface area contributed by atoms with Crippen LogP contribution in [0, 0.1) is 0 Å². The van der Waals surface area contributed by atoms with E-state index in [1.807, 2.05) is 36.4 Å². The number of aromatic nitrogens is 5. The van der Waals surface area contributed by atoms with E-state index < -0.39 is 6.17 Å². The summed E-state index contributed by atoms with van der Waals surface area (Å²) in [6, 6.07) is 121. The molecule has 6 heterocycles. The number of nitrogens with one attached hydrogen (secondary N) is 1. The number of nitrogens with zero attached hydrogens (tertiary/aromatic N) is 7. The summed E-state index contributed by atoms with van der Waals surface area (Å²) < 4.78 is 19.5. The molecular formula is C98H58N8O2. The van der Waals surface area contributed by atoms with E-state index in [1.54, 1.807) is 0 Å². The highest BCUT2D eigenvalue weighted by atomic mass is 16.3. The van der Waals surface area contributed by atoms with E-state index in [0.717, 1.165) is 181 Å². The van der Waals surface area contributed by atoms with Crippen LogP contribution in [0.2, 0.25) is 0 Å². The lowest BCUT2D eigenvalue weighted by Crippen LogP contribution is -2.33. The number of amidine groups is 2. The van der Waals surface area contributed by atoms with E-state index in [1.165, 1.54) is 16.2 Å². The second-order valence-electron chi connectivity index (χ2n) is 28.1. The van der Waals surface area contributed by atoms with Crippen molar-refractivity contribution in [2.24, 2.45) is 9.98 Å². The van der Waals surface area contributed by atoms with Gasteiger partial charge in [-0.2, -0.15) is 0 Å². The molecule has 0 radical (unpaired) electrons. The van der Waals surface area contributed by atoms with Gasteiger partial charge in [0.15, 0.2) is 35.1 Å². The smallest absolute Gasteiger partial charge is 0.170 e. The fourth-order valence-corrected chi connectivity index (χ4v) is 17.4. The van der Waals surface area contributed by atoms with Gasteiger partial charge in [0, 0.05) is 70.9 Å². The molecule has 10 heteroatoms. The Balaban J connectivity index is 0.709. The van der Waals surface area contributed by atoms with Gasteiger partial charge in [0.25, 0.3) is 0 Å². The molecule has 0 saturated carbocycles. The van der Waals surface area contributed by atoms with Crippen LogP contribution in [0.3, 0.4) is 0 Å². The average molecular weight is 1380 g/mol. The molecule has 23 rings (SSSR count). The molecule has 1 atom stereocenters. The topological polar surface area (TPSA) is 112 Å². The SMILES string of the molecule is c1ccc(C2=NC(c3cccc4ccccc34)=NC(c3c4ccccc4cc4c3oc3c(-n5c6ccccc6c6c7ccccc7c(-c7cccc8cc(-c9nc(-c%10ccccc%10)nc(-c%10c(-n%11c%12ccccc%12c%12c%13ccccc%13ccc%12%11)ccc%11c%10oc%10ccccc%10%11)n9)ccc78)cc65)cccc34)N2)cc1. The number of aliphatic imine (C=N–C) groups is 2. The molecule has 0 amide bonds. The lowest BCUT2D eigenvalue weighted by Gasteiger charge is -2.25. The Morgan fingerprint density at radius 3 is 1.62 bits per heavy atom. The molecular weight excluding hydrogens is 1320 g/mol. The number of fused-ring (bicyclic) bond motifs is 19. The van der Waals surface area contributed by atoms with Gasteiger partial charge in [-0.15, -0.1) is 0 Å². The third kappa shape index (κ3) is 9.04. The van der Waals surface area contributed by atoms with E-state index in [-0.39, 0.29) is 0 Å². The Bertz CT molecular complexity index is 7670. The molecule has 17 aromatic carbocycles. The molecule has 502 valence electrons. The third-order valence-electron chi connectivity index (χ3n) is 22.2. The minimum Gasteiger partial charge on any atom is -0.455 e. The van der Waals surface area contributed by atoms with Crippen LogP contribution in [0.25, 0.3) is 198 Å². The van der Waals surface area contributed by atoms with Crippen LogP contribution in [0.1, 0.15) is 22.9 Å². The van der Waals surface area contributed by atoms with Crippen molar-refractivity contribution < 1.29 is 8.83 Å². The van der Waals surface area contributed by atoms with E-state index in [0.29, 0.717) is 28.9 Å². The Labute approximate surface area is 616 Å². The number of hydrogen-bond donors (Lipinski definition) is 1. The van der Waals surface area contributed by atoms with Gasteiger partial charge >= 0.3 is 0 Å². The second kappa shape index (κ2) is 23.5. The van der Waals surface area contributed by atoms with Gasteiger partial charge in [0.2, 0.25) is 0 Å². The van der Waals surface area contributed by atoms with Crippen molar-refractivity contribution >= 4 is 153 Å². The normalized spacial score (nSPS) is 13.5. The Kier molecular flexibility index (Phi) is 13.0. The van der Waals surface area contributed by atoms with Gasteiger partial charge in [-0.05, 0) is 126 Å². The summed E-state index contributed by atoms with van der Waals surface area (Å²) >= 11 is 0. The zero-order chi connectivity index (χ0) is 70.7. The summed E-state index contributed by atoms with van der Waals surface area (Å²) in [6.45, 7) is 0. The molecule has 0 saturated heterocycles. The van der Waals surface area contributed by atoms with Gasteiger partial charge < -0.3 is 23.3 Å². The van der Waals surface area contributed by atoms with Crippen molar-refractivity contribution in [1.82, 2.24) is 29.4 Å². The van der Waals surface area contributed by atoms with Crippen LogP contribution in [0.4, 0.5) is 0 Å². The van der Waals surface area contributed by atoms with Gasteiger partial charge in [0.1, 0.15) is 22.6 Å². The predicted molar refractivity (Wildman–Crippen MR) is 444 cm³/mol. The maximum absolute atomic E-state index is 7.63. The Morgan fingerprint density at radius 2 is 0.833 bits per heavy atom. The van der Waals surface area contributed by atoms with E-state index in [9.17, 15) is 0 Å². The quantitative estimate of drug-likeness (QED) is 0.154. The van der Waals surface area contributed by atoms with Crippen LogP contribution in [0.15, 0.2) is 359 Å². The second-order valence-corrected chi connectivity index (χ2v) is 28.1. The predicted octanol–water partition coefficient (Wildman–Crippen LogP) is 24.8. The monoisotopic (exact) mass is 1380 g/mol. The maximum Gasteiger partial charge on any atom is 0.170 e. The van der Waals surface area contributed by atoms with Crippen LogP contribution < -0.4 is 5.32 Å². The number of para-hydroxylation sites is 4. The summed E-state index contributed by atoms with van der Waals surface area (Å²) in [5, 5.41) is 23.6. The minimum atomic E-state index is -0.581. The molecule has 1 aliphatic heterocycles. The number of benzene rings is 17. The zero-order valence-corrected chi connectivity index (χ0v) is 57.9. The summed E-state index contributed by atoms with van der Waals surface area (Å²) in [7, 11) is 0. The highest BCUT2D eigenvalue weighted by molar-refractivity contribution is 6.27. The average Bonchev–Trinajstić information content (AvgIpc) is 1.53. The maximum atomic E-state index is 7.63. The zero-order valence-electron chi connectivity index (χ0n) is 57.9. The van der Waals surface area contributed by atoms with E-state index >= 15 is 0 Å². The lowest BCUT2D eigenvalue weighted by atomic mass is 9.91. The Morgan fingerprint density at radius 1 is 0.287 bits per heavy atom. The fourth-order valence-electron chi connectivity index (χ4n) is 17.4. The fraction of sp³-hybridized carbons (Fsp3) is 0.0102. The largest absolute Gasteiger partial charge is 0.455 e. The van der Waals surface area contributed by atoms with Crippen molar-refractivity contribution in [2.45, 2.75) is 6.17 Å². The van der Waals surface area contributed by atoms with Gasteiger partial charge in [-0.3, -0.25) is 0 Å². The number of rotatable bonds is 9. The molecule has 0 spiro atoms. The van der Waals surface area contributed by atoms with Crippen molar-refractivity contribution in [3.8, 4) is 56.7 Å². The molecule has 10 nitrogen and oxygen atoms in total. The molecule has 108 heavy (non-hydrogen) atoms. The molecule has 1 N–H and O–H groups in total. The van der Waals surface area contributed by atoms with Crippen molar-refractivity contribution in [2.75, 3.05) is 0 Å². The van der Waals surface area contributed by atoms with Crippen molar-refractivity contribution in [3.63, 3.8) is 0 Å². The van der Waals surface area contributed by atoms with Gasteiger partial charge in [0.05, 0.1) is 39.0 Å². The molecule has 1 unspecified atom stereocenters. The first-order valence-electron chi connectivity index (χ1n) is 36.6. The molecule has 0 fully saturated rings. The van der Waals surface area contributed by atoms with Gasteiger partial charge in [-0.25, -0.2) is 24.9 Å². The third-order valence-corrected chi connectivity index (χ3v) is 22.2. The summed E-state index contributed by atoms with van der Waals surface area (Å²) in [6.07, 6.45) is -0.581. The highest BCUT2D eigenvalue weighted by Crippen LogP contribution is 2.49. The summed E-state index contributed by atoms with van der Waals surface area (Å²) in [4.78, 5) is 27.4. The molecule has 0 bridgehead atoms.